The van der Waals surface area contributed by atoms with Gasteiger partial charge in [0.15, 0.2) is 0 Å². The van der Waals surface area contributed by atoms with E-state index in [1.807, 2.05) is 0 Å². The van der Waals surface area contributed by atoms with Gasteiger partial charge in [-0.2, -0.15) is 0 Å². The number of nitrogen functional groups attached to an aromatic ring is 1. The van der Waals surface area contributed by atoms with Crippen molar-refractivity contribution in [2.75, 3.05) is 18.8 Å². The molecule has 1 aromatic carbocycles. The minimum absolute atomic E-state index is 0.0167. The van der Waals surface area contributed by atoms with Crippen molar-refractivity contribution in [3.63, 3.8) is 0 Å². The number of hydrogen-bond acceptors (Lipinski definition) is 5. The van der Waals surface area contributed by atoms with Gasteiger partial charge in [-0.15, -0.1) is 0 Å². The zero-order valence-corrected chi connectivity index (χ0v) is 9.88. The molecule has 0 bridgehead atoms. The van der Waals surface area contributed by atoms with Gasteiger partial charge in [-0.3, -0.25) is 14.9 Å². The van der Waals surface area contributed by atoms with Crippen LogP contribution >= 0.6 is 0 Å². The molecule has 102 valence electrons. The molecule has 0 saturated heterocycles. The third-order valence-electron chi connectivity index (χ3n) is 2.20. The summed E-state index contributed by atoms with van der Waals surface area (Å²) >= 11 is 0. The molecule has 0 saturated carbocycles. The monoisotopic (exact) mass is 267 g/mol. The van der Waals surface area contributed by atoms with Crippen LogP contribution in [0.1, 0.15) is 10.4 Å². The van der Waals surface area contributed by atoms with E-state index >= 15 is 0 Å². The van der Waals surface area contributed by atoms with Crippen LogP contribution in [0.2, 0.25) is 0 Å². The number of amides is 3. The molecule has 1 aromatic rings. The Morgan fingerprint density at radius 1 is 1.26 bits per heavy atom. The Balaban J connectivity index is 2.65. The standard InChI is InChI=1S/C10H13N5O4/c11-7-2-1-6(5-8(7)15(18)19)9(16)13-3-4-14-10(12)17/h1-2,5H,3-4,11H2,(H,13,16)(H3,12,14,17). The number of rotatable bonds is 5. The maximum absolute atomic E-state index is 11.7. The summed E-state index contributed by atoms with van der Waals surface area (Å²) in [7, 11) is 0. The van der Waals surface area contributed by atoms with Crippen LogP contribution in [0, 0.1) is 10.1 Å². The second kappa shape index (κ2) is 6.19. The quantitative estimate of drug-likeness (QED) is 0.247. The second-order valence-corrected chi connectivity index (χ2v) is 3.58. The highest BCUT2D eigenvalue weighted by molar-refractivity contribution is 5.95. The lowest BCUT2D eigenvalue weighted by Gasteiger charge is -2.06. The van der Waals surface area contributed by atoms with Gasteiger partial charge in [-0.25, -0.2) is 4.79 Å². The van der Waals surface area contributed by atoms with Crippen molar-refractivity contribution in [3.8, 4) is 0 Å². The second-order valence-electron chi connectivity index (χ2n) is 3.58. The zero-order valence-electron chi connectivity index (χ0n) is 9.88. The minimum atomic E-state index is -0.697. The van der Waals surface area contributed by atoms with Crippen LogP contribution in [-0.2, 0) is 0 Å². The average Bonchev–Trinajstić information content (AvgIpc) is 2.34. The number of benzene rings is 1. The maximum atomic E-state index is 11.7. The lowest BCUT2D eigenvalue weighted by Crippen LogP contribution is -2.37. The van der Waals surface area contributed by atoms with Crippen LogP contribution < -0.4 is 22.1 Å². The summed E-state index contributed by atoms with van der Waals surface area (Å²) in [4.78, 5) is 32.0. The van der Waals surface area contributed by atoms with Gasteiger partial charge < -0.3 is 22.1 Å². The van der Waals surface area contributed by atoms with Crippen molar-refractivity contribution in [1.29, 1.82) is 0 Å². The normalized spacial score (nSPS) is 9.68. The molecule has 9 nitrogen and oxygen atoms in total. The first-order valence-electron chi connectivity index (χ1n) is 5.27. The van der Waals surface area contributed by atoms with E-state index in [0.717, 1.165) is 6.07 Å². The molecule has 0 radical (unpaired) electrons. The number of hydrogen-bond donors (Lipinski definition) is 4. The zero-order chi connectivity index (χ0) is 14.4. The van der Waals surface area contributed by atoms with E-state index in [-0.39, 0.29) is 30.0 Å². The molecule has 1 rings (SSSR count). The summed E-state index contributed by atoms with van der Waals surface area (Å²) in [5.41, 5.74) is 10.0. The molecule has 0 spiro atoms. The molecule has 6 N–H and O–H groups in total. The van der Waals surface area contributed by atoms with Crippen molar-refractivity contribution in [3.05, 3.63) is 33.9 Å². The Morgan fingerprint density at radius 2 is 1.89 bits per heavy atom. The molecule has 0 heterocycles. The summed E-state index contributed by atoms with van der Waals surface area (Å²) in [5.74, 6) is -0.505. The van der Waals surface area contributed by atoms with Gasteiger partial charge in [0.25, 0.3) is 11.6 Å². The highest BCUT2D eigenvalue weighted by atomic mass is 16.6. The maximum Gasteiger partial charge on any atom is 0.312 e. The van der Waals surface area contributed by atoms with Crippen molar-refractivity contribution in [1.82, 2.24) is 10.6 Å². The number of urea groups is 1. The van der Waals surface area contributed by atoms with Gasteiger partial charge in [-0.05, 0) is 12.1 Å². The van der Waals surface area contributed by atoms with Crippen LogP contribution in [0.15, 0.2) is 18.2 Å². The van der Waals surface area contributed by atoms with Gasteiger partial charge in [0.2, 0.25) is 0 Å². The van der Waals surface area contributed by atoms with Gasteiger partial charge in [0.1, 0.15) is 5.69 Å². The SMILES string of the molecule is NC(=O)NCCNC(=O)c1ccc(N)c([N+](=O)[O-])c1. The van der Waals surface area contributed by atoms with E-state index in [2.05, 4.69) is 10.6 Å². The largest absolute Gasteiger partial charge is 0.393 e. The number of anilines is 1. The summed E-state index contributed by atoms with van der Waals surface area (Å²) in [6.07, 6.45) is 0. The molecule has 0 aliphatic heterocycles. The van der Waals surface area contributed by atoms with E-state index in [0.29, 0.717) is 0 Å². The third-order valence-corrected chi connectivity index (χ3v) is 2.20. The van der Waals surface area contributed by atoms with Crippen molar-refractivity contribution in [2.24, 2.45) is 5.73 Å². The average molecular weight is 267 g/mol. The third kappa shape index (κ3) is 4.15. The molecule has 0 aromatic heterocycles. The van der Waals surface area contributed by atoms with E-state index in [1.165, 1.54) is 12.1 Å². The predicted molar refractivity (Wildman–Crippen MR) is 67.4 cm³/mol. The number of nitrogens with zero attached hydrogens (tertiary/aromatic N) is 1. The number of primary amides is 1. The van der Waals surface area contributed by atoms with Crippen LogP contribution in [0.3, 0.4) is 0 Å². The number of carbonyl (C=O) groups is 2. The topological polar surface area (TPSA) is 153 Å². The number of nitro groups is 1. The Kier molecular flexibility index (Phi) is 4.63. The number of nitrogens with one attached hydrogen (secondary N) is 2. The summed E-state index contributed by atoms with van der Waals surface area (Å²) in [6, 6.07) is 3.05. The summed E-state index contributed by atoms with van der Waals surface area (Å²) < 4.78 is 0. The number of nitro benzene ring substituents is 1. The van der Waals surface area contributed by atoms with Gasteiger partial charge in [0.05, 0.1) is 4.92 Å². The van der Waals surface area contributed by atoms with E-state index in [4.69, 9.17) is 11.5 Å². The fraction of sp³-hybridized carbons (Fsp3) is 0.200. The van der Waals surface area contributed by atoms with Gasteiger partial charge >= 0.3 is 6.03 Å². The summed E-state index contributed by atoms with van der Waals surface area (Å²) in [5, 5.41) is 15.4. The van der Waals surface area contributed by atoms with Crippen LogP contribution in [0.25, 0.3) is 0 Å². The molecule has 3 amide bonds. The lowest BCUT2D eigenvalue weighted by molar-refractivity contribution is -0.383. The first kappa shape index (κ1) is 14.2. The summed E-state index contributed by atoms with van der Waals surface area (Å²) in [6.45, 7) is 0.318. The minimum Gasteiger partial charge on any atom is -0.393 e. The van der Waals surface area contributed by atoms with Crippen LogP contribution in [-0.4, -0.2) is 30.0 Å². The van der Waals surface area contributed by atoms with E-state index < -0.39 is 16.9 Å². The van der Waals surface area contributed by atoms with Crippen LogP contribution in [0.4, 0.5) is 16.2 Å². The fourth-order valence-corrected chi connectivity index (χ4v) is 1.31. The highest BCUT2D eigenvalue weighted by Gasteiger charge is 2.15. The fourth-order valence-electron chi connectivity index (χ4n) is 1.31. The highest BCUT2D eigenvalue weighted by Crippen LogP contribution is 2.22. The number of carbonyl (C=O) groups excluding carboxylic acids is 2. The van der Waals surface area contributed by atoms with Crippen molar-refractivity contribution in [2.45, 2.75) is 0 Å². The molecule has 0 atom stereocenters. The van der Waals surface area contributed by atoms with Crippen molar-refractivity contribution < 1.29 is 14.5 Å². The molecule has 0 unspecified atom stereocenters. The Labute approximate surface area is 108 Å². The molecule has 0 fully saturated rings. The Morgan fingerprint density at radius 3 is 2.47 bits per heavy atom. The smallest absolute Gasteiger partial charge is 0.312 e. The Hall–Kier alpha value is -2.84. The molecular weight excluding hydrogens is 254 g/mol. The molecule has 19 heavy (non-hydrogen) atoms. The molecule has 9 heteroatoms. The van der Waals surface area contributed by atoms with Crippen molar-refractivity contribution >= 4 is 23.3 Å². The lowest BCUT2D eigenvalue weighted by atomic mass is 10.1. The van der Waals surface area contributed by atoms with Crippen LogP contribution in [0.5, 0.6) is 0 Å². The number of nitrogens with two attached hydrogens (primary N) is 2. The first-order valence-corrected chi connectivity index (χ1v) is 5.27. The molecule has 0 aliphatic carbocycles. The molecule has 0 aliphatic rings. The van der Waals surface area contributed by atoms with Gasteiger partial charge in [0, 0.05) is 24.7 Å². The Bertz CT molecular complexity index is 517. The molecular formula is C10H13N5O4. The van der Waals surface area contributed by atoms with Gasteiger partial charge in [-0.1, -0.05) is 0 Å². The van der Waals surface area contributed by atoms with E-state index in [1.54, 1.807) is 0 Å². The predicted octanol–water partition coefficient (Wildman–Crippen LogP) is -0.425. The first-order chi connectivity index (χ1) is 8.91. The van der Waals surface area contributed by atoms with E-state index in [9.17, 15) is 19.7 Å².